The Morgan fingerprint density at radius 3 is 2.66 bits per heavy atom. The van der Waals surface area contributed by atoms with Gasteiger partial charge in [0.2, 0.25) is 0 Å². The Morgan fingerprint density at radius 2 is 1.95 bits per heavy atom. The fourth-order valence-corrected chi connectivity index (χ4v) is 5.27. The molecule has 2 N–H and O–H groups in total. The normalized spacial score (nSPS) is 18.1. The largest absolute Gasteiger partial charge is 0.508 e. The number of benzene rings is 2. The van der Waals surface area contributed by atoms with Gasteiger partial charge in [-0.15, -0.1) is 0 Å². The lowest BCUT2D eigenvalue weighted by atomic mass is 9.85. The number of nitrogens with zero attached hydrogens (tertiary/aromatic N) is 2. The Bertz CT molecular complexity index is 1240. The number of rotatable bonds is 10. The first kappa shape index (κ1) is 27.7. The number of allylic oxidation sites excluding steroid dienone is 3. The monoisotopic (exact) mass is 519 g/mol. The van der Waals surface area contributed by atoms with E-state index in [0.717, 1.165) is 38.8 Å². The minimum absolute atomic E-state index is 0.00694. The highest BCUT2D eigenvalue weighted by Crippen LogP contribution is 2.35. The zero-order valence-corrected chi connectivity index (χ0v) is 22.6. The van der Waals surface area contributed by atoms with E-state index in [1.54, 1.807) is 31.2 Å². The average Bonchev–Trinajstić information content (AvgIpc) is 2.92. The Labute approximate surface area is 224 Å². The predicted molar refractivity (Wildman–Crippen MR) is 149 cm³/mol. The van der Waals surface area contributed by atoms with Crippen LogP contribution < -0.4 is 5.32 Å². The van der Waals surface area contributed by atoms with Gasteiger partial charge in [-0.1, -0.05) is 24.3 Å². The van der Waals surface area contributed by atoms with Crippen LogP contribution in [0, 0.1) is 18.7 Å². The minimum Gasteiger partial charge on any atom is -0.508 e. The number of unbranched alkanes of at least 4 members (excludes halogenated alkanes) is 1. The third-order valence-electron chi connectivity index (χ3n) is 7.44. The molecule has 2 aromatic rings. The van der Waals surface area contributed by atoms with Crippen molar-refractivity contribution in [1.82, 2.24) is 15.1 Å². The van der Waals surface area contributed by atoms with E-state index in [-0.39, 0.29) is 35.6 Å². The van der Waals surface area contributed by atoms with E-state index < -0.39 is 0 Å². The van der Waals surface area contributed by atoms with Crippen molar-refractivity contribution in [3.8, 4) is 5.75 Å². The predicted octanol–water partition coefficient (Wildman–Crippen LogP) is 4.59. The van der Waals surface area contributed by atoms with Crippen LogP contribution in [0.4, 0.5) is 4.39 Å². The number of halogens is 1. The molecule has 38 heavy (non-hydrogen) atoms. The smallest absolute Gasteiger partial charge is 0.191 e. The van der Waals surface area contributed by atoms with Crippen molar-refractivity contribution in [2.75, 3.05) is 46.8 Å². The summed E-state index contributed by atoms with van der Waals surface area (Å²) in [6, 6.07) is 11.1. The van der Waals surface area contributed by atoms with Crippen LogP contribution in [0.5, 0.6) is 5.75 Å². The van der Waals surface area contributed by atoms with Crippen molar-refractivity contribution in [1.29, 1.82) is 0 Å². The van der Waals surface area contributed by atoms with Gasteiger partial charge in [0.15, 0.2) is 11.6 Å². The maximum Gasteiger partial charge on any atom is 0.191 e. The molecule has 1 unspecified atom stereocenters. The molecule has 0 aromatic heterocycles. The lowest BCUT2D eigenvalue weighted by Crippen LogP contribution is -2.41. The first-order chi connectivity index (χ1) is 18.3. The molecule has 2 aliphatic rings. The SMILES string of the molecule is Cc1c(F)cccc1C1=C(C(=O)c2cccc(O)c2)CN(CCCCN(C)C)C(C(=O)C2CCCNC2)=C1. The maximum atomic E-state index is 14.7. The molecule has 202 valence electrons. The highest BCUT2D eigenvalue weighted by Gasteiger charge is 2.33. The topological polar surface area (TPSA) is 72.9 Å². The highest BCUT2D eigenvalue weighted by atomic mass is 19.1. The zero-order chi connectivity index (χ0) is 27.2. The number of nitrogens with one attached hydrogen (secondary N) is 1. The van der Waals surface area contributed by atoms with Crippen molar-refractivity contribution >= 4 is 17.1 Å². The summed E-state index contributed by atoms with van der Waals surface area (Å²) in [4.78, 5) is 31.9. The van der Waals surface area contributed by atoms with E-state index in [1.807, 2.05) is 25.1 Å². The molecular weight excluding hydrogens is 481 g/mol. The summed E-state index contributed by atoms with van der Waals surface area (Å²) in [5, 5.41) is 13.4. The van der Waals surface area contributed by atoms with Gasteiger partial charge in [-0.05, 0) is 101 Å². The molecule has 2 aromatic carbocycles. The molecule has 2 heterocycles. The van der Waals surface area contributed by atoms with Crippen LogP contribution in [0.15, 0.2) is 59.8 Å². The quantitative estimate of drug-likeness (QED) is 0.354. The standard InChI is InChI=1S/C31H38FN3O3/c1-21-25(12-7-13-28(21)32)26-18-29(31(38)23-10-8-14-33-19-23)35(16-5-4-15-34(2)3)20-27(26)30(37)22-9-6-11-24(36)17-22/h6-7,9,11-13,17-18,23,33,36H,4-5,8,10,14-16,19-20H2,1-3H3. The average molecular weight is 520 g/mol. The molecule has 0 saturated carbocycles. The van der Waals surface area contributed by atoms with Gasteiger partial charge in [0.05, 0.1) is 5.70 Å². The number of hydrogen-bond donors (Lipinski definition) is 2. The van der Waals surface area contributed by atoms with Crippen LogP contribution in [0.2, 0.25) is 0 Å². The molecule has 2 aliphatic heterocycles. The molecule has 1 atom stereocenters. The number of phenols is 1. The Hall–Kier alpha value is -3.29. The zero-order valence-electron chi connectivity index (χ0n) is 22.6. The maximum absolute atomic E-state index is 14.7. The van der Waals surface area contributed by atoms with Crippen LogP contribution in [0.1, 0.15) is 47.2 Å². The summed E-state index contributed by atoms with van der Waals surface area (Å²) in [5.41, 5.74) is 3.06. The summed E-state index contributed by atoms with van der Waals surface area (Å²) < 4.78 is 14.7. The van der Waals surface area contributed by atoms with Gasteiger partial charge in [-0.2, -0.15) is 0 Å². The third-order valence-corrected chi connectivity index (χ3v) is 7.44. The molecule has 0 amide bonds. The second-order valence-electron chi connectivity index (χ2n) is 10.6. The Morgan fingerprint density at radius 1 is 1.16 bits per heavy atom. The molecule has 1 fully saturated rings. The summed E-state index contributed by atoms with van der Waals surface area (Å²) in [6.45, 7) is 5.07. The second kappa shape index (κ2) is 12.5. The number of carbonyl (C=O) groups excluding carboxylic acids is 2. The van der Waals surface area contributed by atoms with Gasteiger partial charge in [-0.25, -0.2) is 4.39 Å². The Balaban J connectivity index is 1.81. The van der Waals surface area contributed by atoms with Gasteiger partial charge < -0.3 is 20.2 Å². The minimum atomic E-state index is -0.358. The molecule has 0 radical (unpaired) electrons. The van der Waals surface area contributed by atoms with E-state index in [4.69, 9.17) is 0 Å². The number of aromatic hydroxyl groups is 1. The van der Waals surface area contributed by atoms with Crippen molar-refractivity contribution in [3.63, 3.8) is 0 Å². The first-order valence-electron chi connectivity index (χ1n) is 13.4. The second-order valence-corrected chi connectivity index (χ2v) is 10.6. The summed E-state index contributed by atoms with van der Waals surface area (Å²) in [5.74, 6) is -0.645. The summed E-state index contributed by atoms with van der Waals surface area (Å²) in [6.07, 6.45) is 5.41. The molecule has 6 nitrogen and oxygen atoms in total. The number of carbonyl (C=O) groups is 2. The van der Waals surface area contributed by atoms with E-state index in [1.165, 1.54) is 18.2 Å². The molecule has 7 heteroatoms. The molecule has 4 rings (SSSR count). The lowest BCUT2D eigenvalue weighted by Gasteiger charge is -2.35. The molecule has 0 bridgehead atoms. The van der Waals surface area contributed by atoms with Crippen LogP contribution in [0.25, 0.3) is 5.57 Å². The highest BCUT2D eigenvalue weighted by molar-refractivity contribution is 6.16. The van der Waals surface area contributed by atoms with Gasteiger partial charge in [-0.3, -0.25) is 9.59 Å². The number of piperidine rings is 1. The van der Waals surface area contributed by atoms with Gasteiger partial charge >= 0.3 is 0 Å². The Kier molecular flexibility index (Phi) is 9.13. The van der Waals surface area contributed by atoms with Crippen LogP contribution >= 0.6 is 0 Å². The lowest BCUT2D eigenvalue weighted by molar-refractivity contribution is -0.121. The number of hydrogen-bond acceptors (Lipinski definition) is 6. The fraction of sp³-hybridized carbons (Fsp3) is 0.419. The van der Waals surface area contributed by atoms with Crippen molar-refractivity contribution in [2.45, 2.75) is 32.6 Å². The fourth-order valence-electron chi connectivity index (χ4n) is 5.27. The van der Waals surface area contributed by atoms with Crippen LogP contribution in [-0.2, 0) is 4.79 Å². The van der Waals surface area contributed by atoms with E-state index >= 15 is 0 Å². The van der Waals surface area contributed by atoms with Crippen molar-refractivity contribution in [2.24, 2.45) is 5.92 Å². The third kappa shape index (κ3) is 6.40. The van der Waals surface area contributed by atoms with E-state index in [2.05, 4.69) is 10.2 Å². The van der Waals surface area contributed by atoms with Gasteiger partial charge in [0.25, 0.3) is 0 Å². The number of phenolic OH excluding ortho intramolecular Hbond substituents is 1. The van der Waals surface area contributed by atoms with E-state index in [9.17, 15) is 19.1 Å². The van der Waals surface area contributed by atoms with Gasteiger partial charge in [0.1, 0.15) is 11.6 Å². The van der Waals surface area contributed by atoms with E-state index in [0.29, 0.717) is 46.6 Å². The summed E-state index contributed by atoms with van der Waals surface area (Å²) >= 11 is 0. The van der Waals surface area contributed by atoms with Crippen molar-refractivity contribution in [3.05, 3.63) is 82.3 Å². The van der Waals surface area contributed by atoms with Gasteiger partial charge in [0, 0.05) is 36.7 Å². The van der Waals surface area contributed by atoms with Crippen molar-refractivity contribution < 1.29 is 19.1 Å². The number of Topliss-reactive ketones (excluding diaryl/α,β-unsaturated/α-hetero) is 2. The molecule has 1 saturated heterocycles. The first-order valence-corrected chi connectivity index (χ1v) is 13.4. The molecule has 0 spiro atoms. The number of ketones is 2. The van der Waals surface area contributed by atoms with Crippen LogP contribution in [-0.4, -0.2) is 73.3 Å². The van der Waals surface area contributed by atoms with Crippen LogP contribution in [0.3, 0.4) is 0 Å². The summed E-state index contributed by atoms with van der Waals surface area (Å²) in [7, 11) is 4.07. The molecule has 0 aliphatic carbocycles. The molecular formula is C31H38FN3O3.